The lowest BCUT2D eigenvalue weighted by Crippen LogP contribution is -2.30. The molecular weight excluding hydrogens is 1890 g/mol. The molecule has 6 aromatic heterocycles. The van der Waals surface area contributed by atoms with Crippen LogP contribution in [0.25, 0.3) is 93.3 Å². The monoisotopic (exact) mass is 2030 g/mol. The molecule has 0 fully saturated rings. The fourth-order valence-electron chi connectivity index (χ4n) is 23.6. The second kappa shape index (κ2) is 49.1. The van der Waals surface area contributed by atoms with Crippen molar-refractivity contribution in [1.29, 1.82) is 21.0 Å². The summed E-state index contributed by atoms with van der Waals surface area (Å²) in [6, 6.07) is 79.3. The van der Waals surface area contributed by atoms with Gasteiger partial charge in [0.05, 0.1) is 39.7 Å². The average Bonchev–Trinajstić information content (AvgIpc) is 1.48. The Kier molecular flexibility index (Phi) is 35.1. The molecule has 744 valence electrons. The third-order valence-electron chi connectivity index (χ3n) is 31.0. The molecule has 0 unspecified atom stereocenters. The van der Waals surface area contributed by atoms with E-state index in [1.165, 1.54) is 292 Å². The quantitative estimate of drug-likeness (QED) is 0.0212. The third kappa shape index (κ3) is 21.8. The Bertz CT molecular complexity index is 6810. The van der Waals surface area contributed by atoms with Crippen LogP contribution in [0.3, 0.4) is 0 Å². The number of carbonyl (C=O) groups is 2. The predicted octanol–water partition coefficient (Wildman–Crippen LogP) is 39.8. The average molecular weight is 2030 g/mol. The molecule has 0 saturated heterocycles. The Morgan fingerprint density at radius 1 is 0.274 bits per heavy atom. The lowest BCUT2D eigenvalue weighted by molar-refractivity contribution is 0.103. The maximum Gasteiger partial charge on any atom is 0.194 e. The van der Waals surface area contributed by atoms with Gasteiger partial charge in [0.1, 0.15) is 35.4 Å². The van der Waals surface area contributed by atoms with Crippen LogP contribution in [0.4, 0.5) is 0 Å². The largest absolute Gasteiger partial charge is 0.289 e. The highest BCUT2D eigenvalue weighted by Crippen LogP contribution is 2.72. The maximum absolute atomic E-state index is 14.7. The number of nitrogens with zero attached hydrogens (tertiary/aromatic N) is 4. The van der Waals surface area contributed by atoms with Crippen LogP contribution in [0.15, 0.2) is 229 Å². The Hall–Kier alpha value is -11.5. The predicted molar refractivity (Wildman–Crippen MR) is 627 cm³/mol. The van der Waals surface area contributed by atoms with Crippen molar-refractivity contribution in [2.24, 2.45) is 0 Å². The van der Waals surface area contributed by atoms with Gasteiger partial charge in [-0.15, -0.1) is 68.0 Å². The van der Waals surface area contributed by atoms with Crippen molar-refractivity contribution in [3.8, 4) is 63.3 Å². The van der Waals surface area contributed by atoms with Crippen LogP contribution in [-0.4, -0.2) is 11.6 Å². The molecule has 6 heterocycles. The number of hydrogen-bond acceptors (Lipinski definition) is 12. The van der Waals surface area contributed by atoms with Crippen LogP contribution < -0.4 is 0 Å². The first-order valence-corrected chi connectivity index (χ1v) is 60.2. The first kappa shape index (κ1) is 104. The van der Waals surface area contributed by atoms with E-state index in [-0.39, 0.29) is 22.7 Å². The number of nitriles is 4. The van der Waals surface area contributed by atoms with Gasteiger partial charge in [0, 0.05) is 73.8 Å². The van der Waals surface area contributed by atoms with Gasteiger partial charge in [-0.05, 0) is 286 Å². The third-order valence-corrected chi connectivity index (χ3v) is 38.6. The summed E-state index contributed by atoms with van der Waals surface area (Å²) in [5.41, 5.74) is 24.9. The second-order valence-corrected chi connectivity index (χ2v) is 47.9. The van der Waals surface area contributed by atoms with Crippen LogP contribution in [0.2, 0.25) is 0 Å². The van der Waals surface area contributed by atoms with Crippen LogP contribution in [0.1, 0.15) is 391 Å². The molecule has 0 atom stereocenters. The summed E-state index contributed by atoms with van der Waals surface area (Å²) in [4.78, 5) is 42.0. The highest BCUT2D eigenvalue weighted by Gasteiger charge is 2.56. The van der Waals surface area contributed by atoms with Gasteiger partial charge in [-0.3, -0.25) is 9.59 Å². The van der Waals surface area contributed by atoms with Crippen LogP contribution in [-0.2, 0) is 62.2 Å². The van der Waals surface area contributed by atoms with Gasteiger partial charge in [0.15, 0.2) is 11.6 Å². The van der Waals surface area contributed by atoms with E-state index in [0.717, 1.165) is 134 Å². The Morgan fingerprint density at radius 3 is 0.788 bits per heavy atom. The van der Waals surface area contributed by atoms with Gasteiger partial charge in [-0.1, -0.05) is 355 Å². The Morgan fingerprint density at radius 2 is 0.534 bits per heavy atom. The summed E-state index contributed by atoms with van der Waals surface area (Å²) in [6.45, 7) is 18.8. The molecule has 0 radical (unpaired) electrons. The number of allylic oxidation sites excluding steroid dienone is 10. The van der Waals surface area contributed by atoms with Gasteiger partial charge in [-0.25, -0.2) is 0 Å². The highest BCUT2D eigenvalue weighted by molar-refractivity contribution is 7.35. The molecule has 8 aromatic carbocycles. The van der Waals surface area contributed by atoms with Crippen LogP contribution in [0, 0.1) is 45.3 Å². The number of carbonyl (C=O) groups excluding carboxylic acids is 2. The van der Waals surface area contributed by atoms with Crippen molar-refractivity contribution in [2.45, 2.75) is 323 Å². The summed E-state index contributed by atoms with van der Waals surface area (Å²) in [5.74, 6) is -0.376. The number of fused-ring (bicyclic) bond motifs is 13. The van der Waals surface area contributed by atoms with E-state index < -0.39 is 10.8 Å². The number of aryl methyl sites for hydroxylation is 8. The topological polar surface area (TPSA) is 129 Å². The minimum atomic E-state index is -0.780. The molecule has 4 aliphatic carbocycles. The summed E-state index contributed by atoms with van der Waals surface area (Å²) < 4.78 is 2.83. The van der Waals surface area contributed by atoms with Crippen molar-refractivity contribution in [3.05, 3.63) is 350 Å². The smallest absolute Gasteiger partial charge is 0.194 e. The molecule has 0 spiro atoms. The Labute approximate surface area is 892 Å². The second-order valence-electron chi connectivity index (χ2n) is 41.5. The van der Waals surface area contributed by atoms with E-state index in [2.05, 4.69) is 224 Å². The standard InChI is InChI=1S/C134H140N4O2S6/c1-9-17-25-33-47-89-67-90(48-34-26-18-10-2)72-103(71-89)133(104-73-91(49-35-27-19-11-3)68-92(74-104)50-36-28-20-12-4)115-83-119(117-65-63-107(141-117)59-45-61-109-121(101(85-135)86-136)111-79-97-55-41-43-57-99(97)81-113(111)125(109)139)143-127(115)129-123(133)131-132(145-129)124-130(146-131)128-116(84-120(144-128)118-66-64-108(142-118)60-46-62-110-122(102(87-137)88-138)112-80-98-56-42-44-58-100(98)82-114(112)126(110)140)134(124,105-75-93(51-37-29-21-13-5)69-94(76-105)52-38-30-22-14-6)106-77-95(53-39-31-23-15-7)70-96(78-106)54-40-32-24-16-8/h41-46,55-84H,9-40,47-54H2,1-8H3/b59-45+,60-46+,109-61-,110-62-. The molecule has 6 nitrogen and oxygen atoms in total. The van der Waals surface area contributed by atoms with E-state index in [0.29, 0.717) is 44.5 Å². The molecule has 0 amide bonds. The highest BCUT2D eigenvalue weighted by atomic mass is 32.1. The number of thiophene rings is 6. The van der Waals surface area contributed by atoms with Crippen LogP contribution in [0.5, 0.6) is 0 Å². The lowest BCUT2D eigenvalue weighted by Gasteiger charge is -2.35. The number of benzene rings is 8. The molecule has 146 heavy (non-hydrogen) atoms. The minimum Gasteiger partial charge on any atom is -0.289 e. The lowest BCUT2D eigenvalue weighted by atomic mass is 9.65. The summed E-state index contributed by atoms with van der Waals surface area (Å²) in [5, 5.41) is 45.9. The fourth-order valence-corrected chi connectivity index (χ4v) is 31.5. The van der Waals surface area contributed by atoms with E-state index in [1.54, 1.807) is 22.7 Å². The Balaban J connectivity index is 0.912. The molecule has 18 rings (SSSR count). The van der Waals surface area contributed by atoms with Crippen molar-refractivity contribution in [2.75, 3.05) is 0 Å². The van der Waals surface area contributed by atoms with Gasteiger partial charge in [0.25, 0.3) is 0 Å². The number of ketones is 2. The van der Waals surface area contributed by atoms with Gasteiger partial charge in [-0.2, -0.15) is 21.0 Å². The normalized spacial score (nSPS) is 14.2. The zero-order valence-corrected chi connectivity index (χ0v) is 92.0. The maximum atomic E-state index is 14.7. The summed E-state index contributed by atoms with van der Waals surface area (Å²) in [7, 11) is 0. The molecule has 0 aliphatic heterocycles. The molecule has 0 saturated carbocycles. The van der Waals surface area contributed by atoms with Crippen molar-refractivity contribution >= 4 is 134 Å². The number of Topliss-reactive ketones (excluding diaryl/α,β-unsaturated/α-hetero) is 2. The van der Waals surface area contributed by atoms with E-state index in [9.17, 15) is 30.6 Å². The van der Waals surface area contributed by atoms with Crippen LogP contribution >= 0.6 is 68.0 Å². The summed E-state index contributed by atoms with van der Waals surface area (Å²) >= 11 is 11.8. The van der Waals surface area contributed by atoms with E-state index in [4.69, 9.17) is 0 Å². The van der Waals surface area contributed by atoms with Crippen molar-refractivity contribution < 1.29 is 9.59 Å². The van der Waals surface area contributed by atoms with E-state index >= 15 is 0 Å². The molecule has 4 aliphatic rings. The zero-order chi connectivity index (χ0) is 101. The first-order valence-electron chi connectivity index (χ1n) is 55.3. The molecule has 14 aromatic rings. The minimum absolute atomic E-state index is 0.0719. The molecule has 0 N–H and O–H groups in total. The van der Waals surface area contributed by atoms with Crippen molar-refractivity contribution in [3.63, 3.8) is 0 Å². The van der Waals surface area contributed by atoms with E-state index in [1.807, 2.05) is 120 Å². The SMILES string of the molecule is CCCCCCc1cc(CCCCCC)cc(C2(c3cc(CCCCCC)cc(CCCCCC)c3)c3cc(-c4ccc(/C=C/C=C5\C(=O)c6cc7ccccc7cc6C5=C(C#N)C#N)s4)sc3-c3sc4c5c(sc4c32)-c2sc(-c3ccc(/C=C/C=C4\C(=O)c6cc7ccccc7cc6C4=C(C#N)C#N)s3)cc2C5(c2cc(CCCCCC)cc(CCCCCC)c2)c2cc(CCCCCC)cc(CCCCCC)c2)c1. The van der Waals surface area contributed by atoms with Gasteiger partial charge < -0.3 is 0 Å². The molecule has 0 bridgehead atoms. The summed E-state index contributed by atoms with van der Waals surface area (Å²) in [6.07, 6.45) is 57.8. The number of hydrogen-bond donors (Lipinski definition) is 0. The fraction of sp³-hybridized carbons (Fsp3) is 0.373. The number of rotatable bonds is 50. The van der Waals surface area contributed by atoms with Gasteiger partial charge >= 0.3 is 0 Å². The van der Waals surface area contributed by atoms with Crippen molar-refractivity contribution in [1.82, 2.24) is 0 Å². The zero-order valence-electron chi connectivity index (χ0n) is 87.1. The number of unbranched alkanes of at least 4 members (excludes halogenated alkanes) is 24. The van der Waals surface area contributed by atoms with Gasteiger partial charge in [0.2, 0.25) is 0 Å². The molecule has 12 heteroatoms. The molecular formula is C134H140N4O2S6. The first-order chi connectivity index (χ1) is 71.7.